The predicted molar refractivity (Wildman–Crippen MR) is 126 cm³/mol. The van der Waals surface area contributed by atoms with Crippen LogP contribution in [0.3, 0.4) is 0 Å². The quantitative estimate of drug-likeness (QED) is 0.328. The van der Waals surface area contributed by atoms with Crippen LogP contribution in [0.1, 0.15) is 11.1 Å². The smallest absolute Gasteiger partial charge is 0.298 e. The first-order valence-corrected chi connectivity index (χ1v) is 10.3. The molecular formula is C22H19BrN6O2. The van der Waals surface area contributed by atoms with Gasteiger partial charge in [0.05, 0.1) is 6.54 Å². The number of halogens is 1. The Morgan fingerprint density at radius 2 is 1.97 bits per heavy atom. The highest BCUT2D eigenvalue weighted by Gasteiger charge is 2.17. The number of aromatic nitrogens is 4. The lowest BCUT2D eigenvalue weighted by molar-refractivity contribution is 0.808. The van der Waals surface area contributed by atoms with E-state index in [2.05, 4.69) is 36.4 Å². The molecule has 0 saturated carbocycles. The molecule has 0 aliphatic rings. The van der Waals surface area contributed by atoms with Crippen LogP contribution in [0, 0.1) is 0 Å². The zero-order valence-electron chi connectivity index (χ0n) is 16.6. The topological polar surface area (TPSA) is 97.1 Å². The maximum absolute atomic E-state index is 12.6. The number of aryl methyl sites for hydroxylation is 1. The van der Waals surface area contributed by atoms with Gasteiger partial charge >= 0.3 is 5.69 Å². The number of imidazole rings is 1. The summed E-state index contributed by atoms with van der Waals surface area (Å²) in [6.45, 7) is 0.370. The van der Waals surface area contributed by atoms with Crippen molar-refractivity contribution in [2.75, 3.05) is 5.43 Å². The Labute approximate surface area is 185 Å². The number of anilines is 1. The number of hydrogen-bond acceptors (Lipinski definition) is 5. The lowest BCUT2D eigenvalue weighted by atomic mass is 10.2. The molecule has 0 amide bonds. The monoisotopic (exact) mass is 478 g/mol. The summed E-state index contributed by atoms with van der Waals surface area (Å²) in [5, 5.41) is 4.20. The summed E-state index contributed by atoms with van der Waals surface area (Å²) in [6, 6.07) is 17.6. The molecule has 0 fully saturated rings. The van der Waals surface area contributed by atoms with E-state index in [9.17, 15) is 9.59 Å². The molecule has 0 saturated heterocycles. The highest BCUT2D eigenvalue weighted by atomic mass is 79.9. The molecule has 0 aliphatic heterocycles. The summed E-state index contributed by atoms with van der Waals surface area (Å²) in [6.07, 6.45) is 5.31. The van der Waals surface area contributed by atoms with Crippen molar-refractivity contribution in [3.8, 4) is 0 Å². The van der Waals surface area contributed by atoms with Gasteiger partial charge in [-0.1, -0.05) is 64.5 Å². The maximum Gasteiger partial charge on any atom is 0.329 e. The van der Waals surface area contributed by atoms with Crippen LogP contribution in [0.5, 0.6) is 0 Å². The number of fused-ring (bicyclic) bond motifs is 1. The average molecular weight is 479 g/mol. The Hall–Kier alpha value is -3.72. The van der Waals surface area contributed by atoms with Crippen molar-refractivity contribution in [3.63, 3.8) is 0 Å². The molecule has 0 spiro atoms. The molecule has 2 aromatic carbocycles. The predicted octanol–water partition coefficient (Wildman–Crippen LogP) is 3.35. The van der Waals surface area contributed by atoms with Crippen LogP contribution in [-0.2, 0) is 13.6 Å². The number of benzene rings is 2. The van der Waals surface area contributed by atoms with Gasteiger partial charge in [0.25, 0.3) is 5.56 Å². The second-order valence-corrected chi connectivity index (χ2v) is 7.72. The van der Waals surface area contributed by atoms with Gasteiger partial charge in [-0.05, 0) is 29.3 Å². The van der Waals surface area contributed by atoms with Gasteiger partial charge in [0, 0.05) is 17.7 Å². The number of aromatic amines is 1. The zero-order valence-corrected chi connectivity index (χ0v) is 18.2. The molecule has 4 rings (SSSR count). The average Bonchev–Trinajstić information content (AvgIpc) is 3.11. The van der Waals surface area contributed by atoms with E-state index in [4.69, 9.17) is 0 Å². The highest BCUT2D eigenvalue weighted by Crippen LogP contribution is 2.19. The van der Waals surface area contributed by atoms with E-state index in [0.29, 0.717) is 18.0 Å². The molecule has 2 heterocycles. The molecule has 2 aromatic heterocycles. The van der Waals surface area contributed by atoms with Crippen molar-refractivity contribution < 1.29 is 0 Å². The standard InChI is InChI=1S/C22H19BrN6O2/c1-28-19-18(20(30)26-22(28)31)29(14-16-9-5-11-17(23)13-16)21(25-19)27-24-12-6-10-15-7-3-2-4-8-15/h2-13H,14H2,1H3,(H,25,27)(H,26,30,31). The Kier molecular flexibility index (Phi) is 5.94. The molecule has 4 aromatic rings. The van der Waals surface area contributed by atoms with E-state index in [1.54, 1.807) is 23.9 Å². The second kappa shape index (κ2) is 8.97. The van der Waals surface area contributed by atoms with Crippen LogP contribution in [0.15, 0.2) is 79.8 Å². The SMILES string of the molecule is Cn1c(=O)[nH]c(=O)c2c1nc(NN=CC=Cc1ccccc1)n2Cc1cccc(Br)c1. The molecule has 9 heteroatoms. The molecule has 31 heavy (non-hydrogen) atoms. The molecule has 0 aliphatic carbocycles. The van der Waals surface area contributed by atoms with E-state index in [0.717, 1.165) is 15.6 Å². The summed E-state index contributed by atoms with van der Waals surface area (Å²) in [7, 11) is 1.56. The fourth-order valence-electron chi connectivity index (χ4n) is 3.15. The summed E-state index contributed by atoms with van der Waals surface area (Å²) in [4.78, 5) is 31.3. The molecule has 8 nitrogen and oxygen atoms in total. The van der Waals surface area contributed by atoms with Gasteiger partial charge in [-0.3, -0.25) is 18.9 Å². The van der Waals surface area contributed by atoms with Gasteiger partial charge in [0.2, 0.25) is 5.95 Å². The van der Waals surface area contributed by atoms with Crippen molar-refractivity contribution in [1.82, 2.24) is 19.1 Å². The number of allylic oxidation sites excluding steroid dienone is 1. The van der Waals surface area contributed by atoms with Gasteiger partial charge in [0.1, 0.15) is 0 Å². The summed E-state index contributed by atoms with van der Waals surface area (Å²) in [5.41, 5.74) is 4.45. The molecule has 0 unspecified atom stereocenters. The van der Waals surface area contributed by atoms with Crippen LogP contribution in [-0.4, -0.2) is 25.3 Å². The minimum Gasteiger partial charge on any atom is -0.298 e. The number of hydrogen-bond donors (Lipinski definition) is 2. The Balaban J connectivity index is 1.69. The van der Waals surface area contributed by atoms with Crippen molar-refractivity contribution in [3.05, 3.63) is 97.1 Å². The normalized spacial score (nSPS) is 11.7. The fraction of sp³-hybridized carbons (Fsp3) is 0.0909. The van der Waals surface area contributed by atoms with Crippen LogP contribution in [0.4, 0.5) is 5.95 Å². The van der Waals surface area contributed by atoms with Crippen LogP contribution >= 0.6 is 15.9 Å². The van der Waals surface area contributed by atoms with Gasteiger partial charge in [-0.2, -0.15) is 10.1 Å². The second-order valence-electron chi connectivity index (χ2n) is 6.80. The number of hydrazone groups is 1. The molecule has 0 atom stereocenters. The molecule has 2 N–H and O–H groups in total. The largest absolute Gasteiger partial charge is 0.329 e. The molecule has 0 radical (unpaired) electrons. The lowest BCUT2D eigenvalue weighted by Crippen LogP contribution is -2.29. The minimum atomic E-state index is -0.523. The van der Waals surface area contributed by atoms with Crippen molar-refractivity contribution >= 4 is 45.3 Å². The maximum atomic E-state index is 12.6. The Bertz CT molecular complexity index is 1400. The third-order valence-corrected chi connectivity index (χ3v) is 5.14. The number of H-pyrrole nitrogens is 1. The van der Waals surface area contributed by atoms with E-state index in [1.807, 2.05) is 60.7 Å². The van der Waals surface area contributed by atoms with Crippen LogP contribution < -0.4 is 16.7 Å². The molecule has 0 bridgehead atoms. The third kappa shape index (κ3) is 4.56. The Morgan fingerprint density at radius 1 is 1.16 bits per heavy atom. The van der Waals surface area contributed by atoms with E-state index < -0.39 is 11.2 Å². The van der Waals surface area contributed by atoms with Crippen LogP contribution in [0.2, 0.25) is 0 Å². The van der Waals surface area contributed by atoms with E-state index in [1.165, 1.54) is 4.57 Å². The lowest BCUT2D eigenvalue weighted by Gasteiger charge is -2.08. The number of nitrogens with zero attached hydrogens (tertiary/aromatic N) is 4. The summed E-state index contributed by atoms with van der Waals surface area (Å²) < 4.78 is 3.93. The summed E-state index contributed by atoms with van der Waals surface area (Å²) in [5.74, 6) is 0.353. The zero-order chi connectivity index (χ0) is 21.8. The third-order valence-electron chi connectivity index (χ3n) is 4.65. The van der Waals surface area contributed by atoms with Gasteiger partial charge in [0.15, 0.2) is 11.2 Å². The minimum absolute atomic E-state index is 0.279. The first-order chi connectivity index (χ1) is 15.0. The summed E-state index contributed by atoms with van der Waals surface area (Å²) >= 11 is 3.46. The van der Waals surface area contributed by atoms with Gasteiger partial charge in [-0.25, -0.2) is 10.2 Å². The number of nitrogens with one attached hydrogen (secondary N) is 2. The van der Waals surface area contributed by atoms with Crippen molar-refractivity contribution in [2.45, 2.75) is 6.54 Å². The van der Waals surface area contributed by atoms with Crippen LogP contribution in [0.25, 0.3) is 17.2 Å². The first kappa shape index (κ1) is 20.5. The van der Waals surface area contributed by atoms with E-state index in [-0.39, 0.29) is 5.65 Å². The highest BCUT2D eigenvalue weighted by molar-refractivity contribution is 9.10. The van der Waals surface area contributed by atoms with Gasteiger partial charge < -0.3 is 0 Å². The van der Waals surface area contributed by atoms with E-state index >= 15 is 0 Å². The van der Waals surface area contributed by atoms with Crippen molar-refractivity contribution in [1.29, 1.82) is 0 Å². The fourth-order valence-corrected chi connectivity index (χ4v) is 3.59. The van der Waals surface area contributed by atoms with Crippen molar-refractivity contribution in [2.24, 2.45) is 12.1 Å². The Morgan fingerprint density at radius 3 is 2.74 bits per heavy atom. The van der Waals surface area contributed by atoms with Gasteiger partial charge in [-0.15, -0.1) is 0 Å². The molecular weight excluding hydrogens is 460 g/mol. The number of rotatable bonds is 6. The first-order valence-electron chi connectivity index (χ1n) is 9.48. The molecule has 156 valence electrons.